The Morgan fingerprint density at radius 1 is 1.36 bits per heavy atom. The normalized spacial score (nSPS) is 10.8. The lowest BCUT2D eigenvalue weighted by atomic mass is 10.2. The summed E-state index contributed by atoms with van der Waals surface area (Å²) in [4.78, 5) is 16.4. The van der Waals surface area contributed by atoms with Crippen molar-refractivity contribution in [3.8, 4) is 0 Å². The van der Waals surface area contributed by atoms with Crippen LogP contribution in [-0.2, 0) is 11.2 Å². The van der Waals surface area contributed by atoms with Gasteiger partial charge >= 0.3 is 0 Å². The number of aromatic nitrogens is 3. The van der Waals surface area contributed by atoms with Gasteiger partial charge in [-0.25, -0.2) is 4.98 Å². The SMILES string of the molecule is Cc1nc(Cc2nnc(SCC(=O)Nc3ccc(C)c(Cl)c3)o2)cs1. The van der Waals surface area contributed by atoms with Gasteiger partial charge < -0.3 is 9.73 Å². The van der Waals surface area contributed by atoms with Gasteiger partial charge in [0, 0.05) is 16.1 Å². The Balaban J connectivity index is 1.51. The molecule has 0 aliphatic rings. The van der Waals surface area contributed by atoms with Crippen LogP contribution in [0.4, 0.5) is 5.69 Å². The maximum atomic E-state index is 12.0. The molecule has 0 aliphatic carbocycles. The average molecular weight is 395 g/mol. The van der Waals surface area contributed by atoms with Gasteiger partial charge in [0.25, 0.3) is 5.22 Å². The second-order valence-corrected chi connectivity index (χ2v) is 7.69. The number of nitrogens with one attached hydrogen (secondary N) is 1. The van der Waals surface area contributed by atoms with E-state index in [0.717, 1.165) is 16.3 Å². The molecule has 130 valence electrons. The lowest BCUT2D eigenvalue weighted by molar-refractivity contribution is -0.113. The molecule has 0 saturated heterocycles. The molecule has 0 fully saturated rings. The van der Waals surface area contributed by atoms with Crippen molar-refractivity contribution in [3.05, 3.63) is 50.8 Å². The van der Waals surface area contributed by atoms with Gasteiger partial charge in [-0.05, 0) is 31.5 Å². The van der Waals surface area contributed by atoms with Crippen molar-refractivity contribution in [1.82, 2.24) is 15.2 Å². The molecule has 2 aromatic heterocycles. The van der Waals surface area contributed by atoms with Crippen LogP contribution in [-0.4, -0.2) is 26.8 Å². The van der Waals surface area contributed by atoms with E-state index in [4.69, 9.17) is 16.0 Å². The number of hydrogen-bond acceptors (Lipinski definition) is 7. The molecule has 1 aromatic carbocycles. The number of rotatable bonds is 6. The van der Waals surface area contributed by atoms with Gasteiger partial charge in [-0.3, -0.25) is 4.79 Å². The zero-order valence-corrected chi connectivity index (χ0v) is 16.0. The Bertz CT molecular complexity index is 894. The van der Waals surface area contributed by atoms with Crippen LogP contribution in [0.2, 0.25) is 5.02 Å². The van der Waals surface area contributed by atoms with Crippen molar-refractivity contribution in [2.45, 2.75) is 25.5 Å². The third kappa shape index (κ3) is 5.04. The van der Waals surface area contributed by atoms with E-state index in [9.17, 15) is 4.79 Å². The molecule has 25 heavy (non-hydrogen) atoms. The van der Waals surface area contributed by atoms with E-state index in [1.807, 2.05) is 31.4 Å². The van der Waals surface area contributed by atoms with E-state index >= 15 is 0 Å². The third-order valence-electron chi connectivity index (χ3n) is 3.23. The van der Waals surface area contributed by atoms with E-state index < -0.39 is 0 Å². The molecule has 1 N–H and O–H groups in total. The highest BCUT2D eigenvalue weighted by Gasteiger charge is 2.12. The monoisotopic (exact) mass is 394 g/mol. The fourth-order valence-electron chi connectivity index (χ4n) is 2.01. The highest BCUT2D eigenvalue weighted by molar-refractivity contribution is 7.99. The fourth-order valence-corrected chi connectivity index (χ4v) is 3.38. The van der Waals surface area contributed by atoms with Crippen molar-refractivity contribution in [2.24, 2.45) is 0 Å². The summed E-state index contributed by atoms with van der Waals surface area (Å²) < 4.78 is 5.54. The van der Waals surface area contributed by atoms with Crippen molar-refractivity contribution in [1.29, 1.82) is 0 Å². The van der Waals surface area contributed by atoms with Crippen molar-refractivity contribution < 1.29 is 9.21 Å². The molecular formula is C16H15ClN4O2S2. The third-order valence-corrected chi connectivity index (χ3v) is 5.28. The summed E-state index contributed by atoms with van der Waals surface area (Å²) in [5.41, 5.74) is 2.52. The second-order valence-electron chi connectivity index (χ2n) is 5.30. The Labute approximate surface area is 158 Å². The lowest BCUT2D eigenvalue weighted by Gasteiger charge is -2.05. The average Bonchev–Trinajstić information content (AvgIpc) is 3.18. The van der Waals surface area contributed by atoms with Crippen LogP contribution in [0.25, 0.3) is 0 Å². The predicted molar refractivity (Wildman–Crippen MR) is 99.5 cm³/mol. The molecule has 3 rings (SSSR count). The maximum absolute atomic E-state index is 12.0. The van der Waals surface area contributed by atoms with E-state index in [-0.39, 0.29) is 11.7 Å². The van der Waals surface area contributed by atoms with Crippen LogP contribution in [0.3, 0.4) is 0 Å². The first-order valence-corrected chi connectivity index (χ1v) is 9.66. The molecule has 0 bridgehead atoms. The smallest absolute Gasteiger partial charge is 0.277 e. The summed E-state index contributed by atoms with van der Waals surface area (Å²) in [6.45, 7) is 3.85. The molecule has 2 heterocycles. The van der Waals surface area contributed by atoms with Crippen LogP contribution < -0.4 is 5.32 Å². The molecule has 0 aliphatic heterocycles. The Kier molecular flexibility index (Phi) is 5.72. The molecule has 9 heteroatoms. The van der Waals surface area contributed by atoms with Crippen LogP contribution in [0, 0.1) is 13.8 Å². The quantitative estimate of drug-likeness (QED) is 0.633. The highest BCUT2D eigenvalue weighted by atomic mass is 35.5. The van der Waals surface area contributed by atoms with Crippen LogP contribution in [0.1, 0.15) is 22.2 Å². The molecule has 0 saturated carbocycles. The van der Waals surface area contributed by atoms with Crippen LogP contribution in [0.5, 0.6) is 0 Å². The summed E-state index contributed by atoms with van der Waals surface area (Å²) in [7, 11) is 0. The summed E-state index contributed by atoms with van der Waals surface area (Å²) in [6, 6.07) is 5.39. The first-order chi connectivity index (χ1) is 12.0. The second kappa shape index (κ2) is 7.99. The zero-order chi connectivity index (χ0) is 17.8. The van der Waals surface area contributed by atoms with Gasteiger partial charge in [0.05, 0.1) is 22.9 Å². The fraction of sp³-hybridized carbons (Fsp3) is 0.250. The number of halogens is 1. The number of aryl methyl sites for hydroxylation is 2. The van der Waals surface area contributed by atoms with Gasteiger partial charge in [-0.2, -0.15) is 0 Å². The molecule has 0 spiro atoms. The van der Waals surface area contributed by atoms with Gasteiger partial charge in [0.1, 0.15) is 0 Å². The minimum atomic E-state index is -0.167. The van der Waals surface area contributed by atoms with Gasteiger partial charge in [-0.15, -0.1) is 21.5 Å². The minimum Gasteiger partial charge on any atom is -0.416 e. The molecular weight excluding hydrogens is 380 g/mol. The molecule has 0 radical (unpaired) electrons. The zero-order valence-electron chi connectivity index (χ0n) is 13.6. The summed E-state index contributed by atoms with van der Waals surface area (Å²) in [5, 5.41) is 14.7. The number of carbonyl (C=O) groups is 1. The standard InChI is InChI=1S/C16H15ClN4O2S2/c1-9-3-4-11(5-13(9)17)19-14(22)8-25-16-21-20-15(23-16)6-12-7-24-10(2)18-12/h3-5,7H,6,8H2,1-2H3,(H,19,22). The largest absolute Gasteiger partial charge is 0.416 e. The van der Waals surface area contributed by atoms with Gasteiger partial charge in [-0.1, -0.05) is 29.4 Å². The number of nitrogens with zero attached hydrogens (tertiary/aromatic N) is 3. The Hall–Kier alpha value is -1.90. The van der Waals surface area contributed by atoms with Crippen molar-refractivity contribution >= 4 is 46.3 Å². The summed E-state index contributed by atoms with van der Waals surface area (Å²) >= 11 is 8.81. The first kappa shape index (κ1) is 17.9. The lowest BCUT2D eigenvalue weighted by Crippen LogP contribution is -2.14. The summed E-state index contributed by atoms with van der Waals surface area (Å²) in [5.74, 6) is 0.487. The number of thiazole rings is 1. The molecule has 1 amide bonds. The van der Waals surface area contributed by atoms with Crippen molar-refractivity contribution in [2.75, 3.05) is 11.1 Å². The summed E-state index contributed by atoms with van der Waals surface area (Å²) in [6.07, 6.45) is 0.492. The Morgan fingerprint density at radius 2 is 2.20 bits per heavy atom. The first-order valence-electron chi connectivity index (χ1n) is 7.42. The minimum absolute atomic E-state index is 0.167. The van der Waals surface area contributed by atoms with Gasteiger partial charge in [0.15, 0.2) is 0 Å². The number of thioether (sulfide) groups is 1. The van der Waals surface area contributed by atoms with E-state index in [2.05, 4.69) is 20.5 Å². The predicted octanol–water partition coefficient (Wildman–Crippen LogP) is 4.12. The molecule has 0 unspecified atom stereocenters. The van der Waals surface area contributed by atoms with E-state index in [0.29, 0.717) is 28.2 Å². The van der Waals surface area contributed by atoms with Gasteiger partial charge in [0.2, 0.25) is 11.8 Å². The maximum Gasteiger partial charge on any atom is 0.277 e. The number of amides is 1. The highest BCUT2D eigenvalue weighted by Crippen LogP contribution is 2.21. The molecule has 6 nitrogen and oxygen atoms in total. The van der Waals surface area contributed by atoms with Crippen molar-refractivity contribution in [3.63, 3.8) is 0 Å². The molecule has 0 atom stereocenters. The Morgan fingerprint density at radius 3 is 2.92 bits per heavy atom. The number of carbonyl (C=O) groups excluding carboxylic acids is 1. The van der Waals surface area contributed by atoms with E-state index in [1.165, 1.54) is 11.8 Å². The van der Waals surface area contributed by atoms with Crippen LogP contribution in [0.15, 0.2) is 33.2 Å². The van der Waals surface area contributed by atoms with E-state index in [1.54, 1.807) is 17.4 Å². The number of anilines is 1. The van der Waals surface area contributed by atoms with Crippen LogP contribution >= 0.6 is 34.7 Å². The number of hydrogen-bond donors (Lipinski definition) is 1. The topological polar surface area (TPSA) is 80.9 Å². The number of benzene rings is 1. The molecule has 3 aromatic rings.